The number of carbonyl (C=O) groups excluding carboxylic acids is 2. The summed E-state index contributed by atoms with van der Waals surface area (Å²) >= 11 is 0. The van der Waals surface area contributed by atoms with E-state index in [1.54, 1.807) is 12.1 Å². The molecule has 0 unspecified atom stereocenters. The van der Waals surface area contributed by atoms with Gasteiger partial charge in [0, 0.05) is 6.07 Å². The van der Waals surface area contributed by atoms with Crippen molar-refractivity contribution in [2.75, 3.05) is 5.32 Å². The van der Waals surface area contributed by atoms with Gasteiger partial charge in [-0.05, 0) is 52.2 Å². The van der Waals surface area contributed by atoms with Gasteiger partial charge in [-0.15, -0.1) is 4.68 Å². The molecule has 6 nitrogen and oxygen atoms in total. The van der Waals surface area contributed by atoms with Crippen LogP contribution in [0.5, 0.6) is 0 Å². The summed E-state index contributed by atoms with van der Waals surface area (Å²) in [5.74, 6) is -0.598. The lowest BCUT2D eigenvalue weighted by molar-refractivity contribution is -0.767. The van der Waals surface area contributed by atoms with Crippen molar-refractivity contribution in [3.63, 3.8) is 0 Å². The number of nitrogens with one attached hydrogen (secondary N) is 1. The molecule has 1 fully saturated rings. The second-order valence-electron chi connectivity index (χ2n) is 8.81. The summed E-state index contributed by atoms with van der Waals surface area (Å²) in [6.45, 7) is 7.56. The molecule has 0 saturated heterocycles. The van der Waals surface area contributed by atoms with Gasteiger partial charge in [-0.2, -0.15) is 4.68 Å². The molecule has 0 bridgehead atoms. The first-order valence-corrected chi connectivity index (χ1v) is 10.4. The number of hydrogen-bond acceptors (Lipinski definition) is 3. The number of rotatable bonds is 5. The predicted octanol–water partition coefficient (Wildman–Crippen LogP) is 1.19. The number of esters is 1. The molecule has 1 aromatic heterocycles. The standard InChI is InChI=1S/C23H31N3O3.BrH/c1-17-10-8-13-19(22(28)29-23(2,3)4)21(17)24-20(27)16-25-14-9-15-26(25)18-11-6-5-7-12-18;/h8-10,13-15,18H,5-7,11-12,16H2,1-4H3;1H. The number of ether oxygens (including phenoxy) is 1. The van der Waals surface area contributed by atoms with Crippen LogP contribution in [-0.4, -0.2) is 22.2 Å². The number of carbonyl (C=O) groups is 2. The van der Waals surface area contributed by atoms with Crippen LogP contribution in [0.2, 0.25) is 0 Å². The molecule has 1 aliphatic carbocycles. The Morgan fingerprint density at radius 1 is 1.17 bits per heavy atom. The Labute approximate surface area is 189 Å². The molecule has 0 atom stereocenters. The molecule has 0 aliphatic heterocycles. The Morgan fingerprint density at radius 2 is 1.87 bits per heavy atom. The number of hydrogen-bond donors (Lipinski definition) is 1. The van der Waals surface area contributed by atoms with Crippen LogP contribution in [0, 0.1) is 6.92 Å². The molecule has 164 valence electrons. The molecule has 0 spiro atoms. The fraction of sp³-hybridized carbons (Fsp3) is 0.522. The van der Waals surface area contributed by atoms with Crippen molar-refractivity contribution in [2.24, 2.45) is 0 Å². The van der Waals surface area contributed by atoms with Crippen molar-refractivity contribution in [3.05, 3.63) is 47.8 Å². The highest BCUT2D eigenvalue weighted by Gasteiger charge is 2.25. The molecule has 7 heteroatoms. The summed E-state index contributed by atoms with van der Waals surface area (Å²) in [6, 6.07) is 7.78. The molecule has 3 rings (SSSR count). The van der Waals surface area contributed by atoms with Crippen molar-refractivity contribution in [1.82, 2.24) is 4.68 Å². The third-order valence-corrected chi connectivity index (χ3v) is 5.20. The Balaban J connectivity index is 0.00000320. The zero-order chi connectivity index (χ0) is 21.0. The summed E-state index contributed by atoms with van der Waals surface area (Å²) in [5.41, 5.74) is 1.12. The van der Waals surface area contributed by atoms with E-state index in [4.69, 9.17) is 4.74 Å². The number of aromatic nitrogens is 2. The molecule has 2 aromatic rings. The zero-order valence-electron chi connectivity index (χ0n) is 18.3. The van der Waals surface area contributed by atoms with E-state index in [1.165, 1.54) is 19.3 Å². The maximum atomic E-state index is 12.8. The second kappa shape index (κ2) is 10.2. The highest BCUT2D eigenvalue weighted by Crippen LogP contribution is 2.27. The fourth-order valence-corrected chi connectivity index (χ4v) is 3.86. The maximum absolute atomic E-state index is 12.8. The molecule has 30 heavy (non-hydrogen) atoms. The Hall–Kier alpha value is -2.15. The van der Waals surface area contributed by atoms with Crippen molar-refractivity contribution in [1.29, 1.82) is 0 Å². The molecule has 1 aliphatic rings. The average molecular weight is 478 g/mol. The van der Waals surface area contributed by atoms with E-state index in [9.17, 15) is 9.59 Å². The number of nitrogens with zero attached hydrogens (tertiary/aromatic N) is 2. The number of benzene rings is 1. The highest BCUT2D eigenvalue weighted by atomic mass is 79.9. The van der Waals surface area contributed by atoms with Gasteiger partial charge in [-0.3, -0.25) is 4.79 Å². The van der Waals surface area contributed by atoms with Crippen LogP contribution >= 0.6 is 0 Å². The van der Waals surface area contributed by atoms with Crippen molar-refractivity contribution in [2.45, 2.75) is 78.0 Å². The lowest BCUT2D eigenvalue weighted by Crippen LogP contribution is -3.00. The van der Waals surface area contributed by atoms with Crippen molar-refractivity contribution in [3.8, 4) is 0 Å². The third kappa shape index (κ3) is 6.17. The van der Waals surface area contributed by atoms with Crippen molar-refractivity contribution >= 4 is 17.6 Å². The summed E-state index contributed by atoms with van der Waals surface area (Å²) in [4.78, 5) is 25.4. The molecule has 0 radical (unpaired) electrons. The van der Waals surface area contributed by atoms with Gasteiger partial charge in [0.1, 0.15) is 5.60 Å². The smallest absolute Gasteiger partial charge is 0.340 e. The van der Waals surface area contributed by atoms with Gasteiger partial charge in [-0.1, -0.05) is 31.4 Å². The van der Waals surface area contributed by atoms with Crippen LogP contribution in [0.15, 0.2) is 36.7 Å². The van der Waals surface area contributed by atoms with Crippen LogP contribution in [0.25, 0.3) is 0 Å². The number of para-hydroxylation sites is 1. The first kappa shape index (κ1) is 24.1. The lowest BCUT2D eigenvalue weighted by atomic mass is 9.96. The Bertz CT molecular complexity index is 880. The van der Waals surface area contributed by atoms with E-state index < -0.39 is 11.6 Å². The van der Waals surface area contributed by atoms with Gasteiger partial charge in [-0.25, -0.2) is 4.79 Å². The maximum Gasteiger partial charge on any atom is 0.340 e. The Kier molecular flexibility index (Phi) is 8.24. The predicted molar refractivity (Wildman–Crippen MR) is 112 cm³/mol. The highest BCUT2D eigenvalue weighted by molar-refractivity contribution is 6.02. The quantitative estimate of drug-likeness (QED) is 0.519. The number of anilines is 1. The molecular weight excluding hydrogens is 446 g/mol. The largest absolute Gasteiger partial charge is 1.00 e. The van der Waals surface area contributed by atoms with Crippen LogP contribution in [0.1, 0.15) is 74.8 Å². The zero-order valence-corrected chi connectivity index (χ0v) is 19.9. The fourth-order valence-electron chi connectivity index (χ4n) is 3.86. The third-order valence-electron chi connectivity index (χ3n) is 5.20. The summed E-state index contributed by atoms with van der Waals surface area (Å²) < 4.78 is 9.63. The first-order valence-electron chi connectivity index (χ1n) is 10.4. The van der Waals surface area contributed by atoms with Gasteiger partial charge in [0.2, 0.25) is 6.54 Å². The minimum Gasteiger partial charge on any atom is -1.00 e. The van der Waals surface area contributed by atoms with E-state index in [0.717, 1.165) is 18.4 Å². The normalized spacial score (nSPS) is 14.7. The second-order valence-corrected chi connectivity index (χ2v) is 8.81. The average Bonchev–Trinajstić information content (AvgIpc) is 3.10. The van der Waals surface area contributed by atoms with Gasteiger partial charge < -0.3 is 27.0 Å². The van der Waals surface area contributed by atoms with Gasteiger partial charge in [0.15, 0.2) is 6.20 Å². The molecular formula is C23H32BrN3O3. The molecule has 1 aromatic carbocycles. The van der Waals surface area contributed by atoms with Gasteiger partial charge in [0.05, 0.1) is 23.5 Å². The van der Waals surface area contributed by atoms with Gasteiger partial charge >= 0.3 is 5.97 Å². The monoisotopic (exact) mass is 477 g/mol. The first-order chi connectivity index (χ1) is 13.7. The van der Waals surface area contributed by atoms with Crippen LogP contribution in [-0.2, 0) is 16.1 Å². The number of aryl methyl sites for hydroxylation is 1. The summed E-state index contributed by atoms with van der Waals surface area (Å²) in [5, 5.41) is 2.94. The summed E-state index contributed by atoms with van der Waals surface area (Å²) in [7, 11) is 0. The van der Waals surface area contributed by atoms with Crippen LogP contribution in [0.3, 0.4) is 0 Å². The van der Waals surface area contributed by atoms with E-state index in [0.29, 0.717) is 17.3 Å². The van der Waals surface area contributed by atoms with Crippen LogP contribution < -0.4 is 27.0 Å². The van der Waals surface area contributed by atoms with Gasteiger partial charge in [0.25, 0.3) is 5.91 Å². The van der Waals surface area contributed by atoms with Crippen LogP contribution in [0.4, 0.5) is 5.69 Å². The molecule has 1 amide bonds. The van der Waals surface area contributed by atoms with E-state index >= 15 is 0 Å². The van der Waals surface area contributed by atoms with E-state index in [-0.39, 0.29) is 29.4 Å². The molecule has 1 N–H and O–H groups in total. The SMILES string of the molecule is Cc1cccc(C(=O)OC(C)(C)C)c1NC(=O)C[n+]1cccn1C1CCCCC1.[Br-]. The minimum absolute atomic E-state index is 0. The Morgan fingerprint density at radius 3 is 2.53 bits per heavy atom. The number of halogens is 1. The molecule has 1 heterocycles. The topological polar surface area (TPSA) is 64.2 Å². The molecule has 1 saturated carbocycles. The minimum atomic E-state index is -0.598. The summed E-state index contributed by atoms with van der Waals surface area (Å²) in [6.07, 6.45) is 10.0. The van der Waals surface area contributed by atoms with E-state index in [2.05, 4.69) is 10.00 Å². The van der Waals surface area contributed by atoms with Crippen molar-refractivity contribution < 1.29 is 36.0 Å². The lowest BCUT2D eigenvalue weighted by Gasteiger charge is -2.21. The van der Waals surface area contributed by atoms with E-state index in [1.807, 2.05) is 56.9 Å². The number of amides is 1.